The third-order valence-electron chi connectivity index (χ3n) is 5.40. The molecule has 8 heteroatoms. The summed E-state index contributed by atoms with van der Waals surface area (Å²) in [4.78, 5) is 15.1. The number of rotatable bonds is 5. The number of urea groups is 1. The molecule has 1 atom stereocenters. The maximum absolute atomic E-state index is 13.3. The Morgan fingerprint density at radius 2 is 1.68 bits per heavy atom. The highest BCUT2D eigenvalue weighted by Crippen LogP contribution is 2.43. The van der Waals surface area contributed by atoms with Crippen LogP contribution in [0.15, 0.2) is 54.7 Å². The van der Waals surface area contributed by atoms with Gasteiger partial charge in [0.25, 0.3) is 0 Å². The minimum Gasteiger partial charge on any atom is -0.493 e. The molecule has 0 spiro atoms. The minimum atomic E-state index is -0.329. The fraction of sp³-hybridized carbons (Fsp3) is 0.261. The molecule has 0 saturated carbocycles. The molecular formula is C23H24ClN3O4. The van der Waals surface area contributed by atoms with Crippen molar-refractivity contribution in [2.75, 3.05) is 33.2 Å². The Morgan fingerprint density at radius 3 is 2.29 bits per heavy atom. The van der Waals surface area contributed by atoms with Gasteiger partial charge < -0.3 is 29.0 Å². The molecule has 1 aliphatic rings. The van der Waals surface area contributed by atoms with Gasteiger partial charge in [-0.25, -0.2) is 4.79 Å². The van der Waals surface area contributed by atoms with E-state index in [1.807, 2.05) is 35.4 Å². The molecule has 0 bridgehead atoms. The van der Waals surface area contributed by atoms with Crippen molar-refractivity contribution < 1.29 is 19.0 Å². The van der Waals surface area contributed by atoms with Crippen molar-refractivity contribution in [3.63, 3.8) is 0 Å². The van der Waals surface area contributed by atoms with Gasteiger partial charge in [0.2, 0.25) is 5.75 Å². The third-order valence-corrected chi connectivity index (χ3v) is 5.65. The van der Waals surface area contributed by atoms with E-state index in [0.29, 0.717) is 41.0 Å². The summed E-state index contributed by atoms with van der Waals surface area (Å²) in [6.07, 6.45) is 2.02. The third kappa shape index (κ3) is 4.01. The van der Waals surface area contributed by atoms with Crippen LogP contribution < -0.4 is 19.5 Å². The number of fused-ring (bicyclic) bond motifs is 1. The predicted octanol–water partition coefficient (Wildman–Crippen LogP) is 4.80. The van der Waals surface area contributed by atoms with Gasteiger partial charge in [0.15, 0.2) is 11.5 Å². The summed E-state index contributed by atoms with van der Waals surface area (Å²) < 4.78 is 18.7. The second-order valence-corrected chi connectivity index (χ2v) is 7.55. The largest absolute Gasteiger partial charge is 0.493 e. The standard InChI is InChI=1S/C23H24ClN3O4/c1-29-19-13-15(14-20(30-2)22(19)31-3)21-18-5-4-10-26(18)11-12-27(21)23(28)25-17-8-6-16(24)7-9-17/h4-10,13-14,21H,11-12H2,1-3H3,(H,25,28)/t21-/m1/s1. The molecule has 1 aromatic heterocycles. The van der Waals surface area contributed by atoms with Gasteiger partial charge in [0, 0.05) is 35.7 Å². The number of carbonyl (C=O) groups is 1. The Kier molecular flexibility index (Phi) is 5.95. The van der Waals surface area contributed by atoms with Gasteiger partial charge in [-0.2, -0.15) is 0 Å². The number of carbonyl (C=O) groups excluding carboxylic acids is 1. The summed E-state index contributed by atoms with van der Waals surface area (Å²) in [6, 6.07) is 14.3. The second kappa shape index (κ2) is 8.81. The van der Waals surface area contributed by atoms with Crippen LogP contribution in [0.4, 0.5) is 10.5 Å². The first kappa shape index (κ1) is 20.9. The highest BCUT2D eigenvalue weighted by Gasteiger charge is 2.33. The van der Waals surface area contributed by atoms with Gasteiger partial charge in [-0.1, -0.05) is 11.6 Å². The second-order valence-electron chi connectivity index (χ2n) is 7.12. The summed E-state index contributed by atoms with van der Waals surface area (Å²) in [6.45, 7) is 1.25. The fourth-order valence-electron chi connectivity index (χ4n) is 3.94. The molecular weight excluding hydrogens is 418 g/mol. The van der Waals surface area contributed by atoms with Gasteiger partial charge >= 0.3 is 6.03 Å². The number of hydrogen-bond acceptors (Lipinski definition) is 4. The van der Waals surface area contributed by atoms with E-state index in [-0.39, 0.29) is 12.1 Å². The maximum atomic E-state index is 13.3. The van der Waals surface area contributed by atoms with Crippen molar-refractivity contribution in [1.82, 2.24) is 9.47 Å². The zero-order chi connectivity index (χ0) is 22.0. The highest BCUT2D eigenvalue weighted by molar-refractivity contribution is 6.30. The molecule has 162 valence electrons. The summed E-state index contributed by atoms with van der Waals surface area (Å²) in [7, 11) is 4.73. The Balaban J connectivity index is 1.75. The Labute approximate surface area is 186 Å². The number of halogens is 1. The van der Waals surface area contributed by atoms with Gasteiger partial charge in [0.05, 0.1) is 27.4 Å². The Morgan fingerprint density at radius 1 is 1.00 bits per heavy atom. The van der Waals surface area contributed by atoms with E-state index in [2.05, 4.69) is 9.88 Å². The molecule has 2 aromatic carbocycles. The Bertz CT molecular complexity index is 1060. The summed E-state index contributed by atoms with van der Waals surface area (Å²) in [5.74, 6) is 1.59. The van der Waals surface area contributed by atoms with E-state index in [1.165, 1.54) is 0 Å². The van der Waals surface area contributed by atoms with E-state index >= 15 is 0 Å². The number of ether oxygens (including phenoxy) is 3. The summed E-state index contributed by atoms with van der Waals surface area (Å²) >= 11 is 5.97. The molecule has 4 rings (SSSR count). The van der Waals surface area contributed by atoms with Crippen molar-refractivity contribution in [1.29, 1.82) is 0 Å². The molecule has 0 aliphatic carbocycles. The lowest BCUT2D eigenvalue weighted by Gasteiger charge is -2.37. The first-order valence-corrected chi connectivity index (χ1v) is 10.2. The first-order valence-electron chi connectivity index (χ1n) is 9.84. The average molecular weight is 442 g/mol. The lowest BCUT2D eigenvalue weighted by atomic mass is 9.99. The van der Waals surface area contributed by atoms with E-state index in [9.17, 15) is 4.79 Å². The number of aromatic nitrogens is 1. The van der Waals surface area contributed by atoms with Crippen molar-refractivity contribution in [3.8, 4) is 17.2 Å². The van der Waals surface area contributed by atoms with Gasteiger partial charge in [-0.3, -0.25) is 0 Å². The number of benzene rings is 2. The van der Waals surface area contributed by atoms with Crippen LogP contribution in [-0.2, 0) is 6.54 Å². The van der Waals surface area contributed by atoms with Crippen molar-refractivity contribution in [2.24, 2.45) is 0 Å². The van der Waals surface area contributed by atoms with Crippen LogP contribution >= 0.6 is 11.6 Å². The molecule has 0 fully saturated rings. The minimum absolute atomic E-state index is 0.200. The van der Waals surface area contributed by atoms with Crippen molar-refractivity contribution >= 4 is 23.3 Å². The first-order chi connectivity index (χ1) is 15.0. The van der Waals surface area contributed by atoms with E-state index < -0.39 is 0 Å². The van der Waals surface area contributed by atoms with Gasteiger partial charge in [0.1, 0.15) is 0 Å². The zero-order valence-corrected chi connectivity index (χ0v) is 18.3. The number of methoxy groups -OCH3 is 3. The number of anilines is 1. The number of nitrogens with zero attached hydrogens (tertiary/aromatic N) is 2. The molecule has 7 nitrogen and oxygen atoms in total. The molecule has 2 amide bonds. The normalized spacial score (nSPS) is 15.2. The van der Waals surface area contributed by atoms with Crippen LogP contribution in [0.3, 0.4) is 0 Å². The van der Waals surface area contributed by atoms with Crippen LogP contribution in [0.2, 0.25) is 5.02 Å². The quantitative estimate of drug-likeness (QED) is 0.617. The zero-order valence-electron chi connectivity index (χ0n) is 17.6. The van der Waals surface area contributed by atoms with Crippen LogP contribution in [0, 0.1) is 0 Å². The topological polar surface area (TPSA) is 65.0 Å². The van der Waals surface area contributed by atoms with Crippen LogP contribution in [-0.4, -0.2) is 43.4 Å². The van der Waals surface area contributed by atoms with Crippen molar-refractivity contribution in [2.45, 2.75) is 12.6 Å². The molecule has 1 N–H and O–H groups in total. The number of amides is 2. The molecule has 0 saturated heterocycles. The molecule has 1 aliphatic heterocycles. The van der Waals surface area contributed by atoms with Crippen LogP contribution in [0.25, 0.3) is 0 Å². The lowest BCUT2D eigenvalue weighted by molar-refractivity contribution is 0.181. The van der Waals surface area contributed by atoms with Crippen LogP contribution in [0.1, 0.15) is 17.3 Å². The van der Waals surface area contributed by atoms with E-state index in [4.69, 9.17) is 25.8 Å². The SMILES string of the molecule is COc1cc([C@@H]2c3cccn3CCN2C(=O)Nc2ccc(Cl)cc2)cc(OC)c1OC. The number of nitrogens with one attached hydrogen (secondary N) is 1. The average Bonchev–Trinajstić information content (AvgIpc) is 3.27. The Hall–Kier alpha value is -3.32. The molecule has 31 heavy (non-hydrogen) atoms. The van der Waals surface area contributed by atoms with Gasteiger partial charge in [-0.15, -0.1) is 0 Å². The molecule has 2 heterocycles. The maximum Gasteiger partial charge on any atom is 0.322 e. The monoisotopic (exact) mass is 441 g/mol. The van der Waals surface area contributed by atoms with Gasteiger partial charge in [-0.05, 0) is 54.1 Å². The molecule has 0 unspecified atom stereocenters. The van der Waals surface area contributed by atoms with Crippen molar-refractivity contribution in [3.05, 3.63) is 71.0 Å². The summed E-state index contributed by atoms with van der Waals surface area (Å²) in [5, 5.41) is 3.59. The molecule has 0 radical (unpaired) electrons. The van der Waals surface area contributed by atoms with E-state index in [1.54, 1.807) is 45.6 Å². The predicted molar refractivity (Wildman–Crippen MR) is 120 cm³/mol. The van der Waals surface area contributed by atoms with Crippen LogP contribution in [0.5, 0.6) is 17.2 Å². The smallest absolute Gasteiger partial charge is 0.322 e. The number of hydrogen-bond donors (Lipinski definition) is 1. The van der Waals surface area contributed by atoms with E-state index in [0.717, 1.165) is 11.3 Å². The lowest BCUT2D eigenvalue weighted by Crippen LogP contribution is -2.44. The fourth-order valence-corrected chi connectivity index (χ4v) is 4.07. The molecule has 3 aromatic rings. The summed E-state index contributed by atoms with van der Waals surface area (Å²) in [5.41, 5.74) is 2.55. The highest BCUT2D eigenvalue weighted by atomic mass is 35.5.